The second kappa shape index (κ2) is 9.82. The Balaban J connectivity index is 1.65. The molecule has 0 unspecified atom stereocenters. The Hall–Kier alpha value is -3.58. The third-order valence-electron chi connectivity index (χ3n) is 5.74. The number of anilines is 1. The highest BCUT2D eigenvalue weighted by atomic mass is 28.3. The third kappa shape index (κ3) is 6.15. The zero-order valence-electron chi connectivity index (χ0n) is 20.7. The molecule has 0 radical (unpaired) electrons. The second-order valence-corrected chi connectivity index (χ2v) is 14.8. The first-order valence-electron chi connectivity index (χ1n) is 11.7. The SMILES string of the molecule is Cc1cc(CCC(=O)O)ccc1-c1noc(-c2cnc(N3CCC(F)(F)C3)c(C#C[Si](C)(C)C)c2)n1. The normalized spacial score (nSPS) is 15.0. The first-order chi connectivity index (χ1) is 16.9. The van der Waals surface area contributed by atoms with Gasteiger partial charge in [-0.05, 0) is 30.5 Å². The molecule has 3 heterocycles. The van der Waals surface area contributed by atoms with Crippen molar-refractivity contribution in [2.45, 2.75) is 51.7 Å². The predicted molar refractivity (Wildman–Crippen MR) is 136 cm³/mol. The molecular weight excluding hydrogens is 482 g/mol. The second-order valence-electron chi connectivity index (χ2n) is 10.1. The fourth-order valence-corrected chi connectivity index (χ4v) is 4.43. The molecule has 4 rings (SSSR count). The molecule has 0 atom stereocenters. The molecule has 1 fully saturated rings. The van der Waals surface area contributed by atoms with E-state index in [1.165, 1.54) is 0 Å². The molecular formula is C26H28F2N4O3Si. The van der Waals surface area contributed by atoms with Gasteiger partial charge in [-0.25, -0.2) is 13.8 Å². The summed E-state index contributed by atoms with van der Waals surface area (Å²) in [5.41, 5.74) is 7.00. The van der Waals surface area contributed by atoms with Crippen LogP contribution in [0.15, 0.2) is 35.0 Å². The number of alkyl halides is 2. The summed E-state index contributed by atoms with van der Waals surface area (Å²) >= 11 is 0. The zero-order chi connectivity index (χ0) is 26.1. The van der Waals surface area contributed by atoms with Crippen LogP contribution < -0.4 is 4.90 Å². The van der Waals surface area contributed by atoms with Crippen LogP contribution in [0.1, 0.15) is 29.5 Å². The maximum Gasteiger partial charge on any atom is 0.303 e. The number of hydrogen-bond donors (Lipinski definition) is 1. The van der Waals surface area contributed by atoms with Crippen molar-refractivity contribution < 1.29 is 23.2 Å². The molecule has 0 aliphatic carbocycles. The summed E-state index contributed by atoms with van der Waals surface area (Å²) in [5.74, 6) is 0.671. The van der Waals surface area contributed by atoms with E-state index in [-0.39, 0.29) is 31.8 Å². The molecule has 0 amide bonds. The average Bonchev–Trinajstić information content (AvgIpc) is 3.42. The van der Waals surface area contributed by atoms with E-state index < -0.39 is 20.0 Å². The Bertz CT molecular complexity index is 1360. The van der Waals surface area contributed by atoms with Gasteiger partial charge < -0.3 is 14.5 Å². The van der Waals surface area contributed by atoms with Crippen LogP contribution in [0.2, 0.25) is 19.6 Å². The molecule has 1 saturated heterocycles. The number of pyridine rings is 1. The maximum absolute atomic E-state index is 13.9. The molecule has 1 aliphatic heterocycles. The van der Waals surface area contributed by atoms with E-state index in [1.807, 2.05) is 25.1 Å². The molecule has 188 valence electrons. The van der Waals surface area contributed by atoms with Crippen LogP contribution in [-0.4, -0.2) is 53.3 Å². The smallest absolute Gasteiger partial charge is 0.303 e. The van der Waals surface area contributed by atoms with Crippen molar-refractivity contribution in [1.82, 2.24) is 15.1 Å². The van der Waals surface area contributed by atoms with Gasteiger partial charge in [-0.2, -0.15) is 4.98 Å². The summed E-state index contributed by atoms with van der Waals surface area (Å²) in [7, 11) is -1.73. The molecule has 1 aliphatic rings. The molecule has 0 saturated carbocycles. The quantitative estimate of drug-likeness (QED) is 0.360. The van der Waals surface area contributed by atoms with Gasteiger partial charge in [-0.1, -0.05) is 48.9 Å². The number of halogens is 2. The molecule has 7 nitrogen and oxygen atoms in total. The summed E-state index contributed by atoms with van der Waals surface area (Å²) < 4.78 is 33.3. The minimum Gasteiger partial charge on any atom is -0.481 e. The van der Waals surface area contributed by atoms with E-state index in [1.54, 1.807) is 17.2 Å². The minimum absolute atomic E-state index is 0.0616. The fraction of sp³-hybridized carbons (Fsp3) is 0.385. The lowest BCUT2D eigenvalue weighted by Gasteiger charge is -2.19. The molecule has 2 aromatic heterocycles. The number of nitrogens with zero attached hydrogens (tertiary/aromatic N) is 4. The fourth-order valence-electron chi connectivity index (χ4n) is 3.92. The zero-order valence-corrected chi connectivity index (χ0v) is 21.7. The lowest BCUT2D eigenvalue weighted by molar-refractivity contribution is -0.136. The van der Waals surface area contributed by atoms with Crippen LogP contribution in [0.3, 0.4) is 0 Å². The van der Waals surface area contributed by atoms with Gasteiger partial charge in [-0.3, -0.25) is 4.79 Å². The Morgan fingerprint density at radius 2 is 2.06 bits per heavy atom. The van der Waals surface area contributed by atoms with Gasteiger partial charge in [0.1, 0.15) is 13.9 Å². The number of carbonyl (C=O) groups is 1. The van der Waals surface area contributed by atoms with Crippen LogP contribution in [0.25, 0.3) is 22.8 Å². The van der Waals surface area contributed by atoms with Crippen molar-refractivity contribution >= 4 is 19.9 Å². The number of carboxylic acids is 1. The number of hydrogen-bond acceptors (Lipinski definition) is 6. The minimum atomic E-state index is -2.74. The first-order valence-corrected chi connectivity index (χ1v) is 15.2. The average molecular weight is 511 g/mol. The summed E-state index contributed by atoms with van der Waals surface area (Å²) in [4.78, 5) is 21.4. The standard InChI is InChI=1S/C26H28F2N4O3Si/c1-17-13-18(6-8-22(33)34)5-7-21(17)23-30-25(35-31-23)20-14-19(9-12-36(2,3)4)24(29-15-20)32-11-10-26(27,28)16-32/h5,7,13-15H,6,8,10-11,16H2,1-4H3,(H,33,34). The van der Waals surface area contributed by atoms with E-state index in [0.717, 1.165) is 16.7 Å². The molecule has 0 bridgehead atoms. The van der Waals surface area contributed by atoms with E-state index >= 15 is 0 Å². The summed E-state index contributed by atoms with van der Waals surface area (Å²) in [6.45, 7) is 8.07. The van der Waals surface area contributed by atoms with Gasteiger partial charge in [0.15, 0.2) is 0 Å². The number of carboxylic acid groups (broad SMARTS) is 1. The van der Waals surface area contributed by atoms with Crippen molar-refractivity contribution in [3.05, 3.63) is 47.2 Å². The topological polar surface area (TPSA) is 92.3 Å². The first kappa shape index (κ1) is 25.5. The van der Waals surface area contributed by atoms with Gasteiger partial charge in [0.05, 0.1) is 17.7 Å². The lowest BCUT2D eigenvalue weighted by Crippen LogP contribution is -2.26. The summed E-state index contributed by atoms with van der Waals surface area (Å²) in [6, 6.07) is 7.39. The van der Waals surface area contributed by atoms with Crippen molar-refractivity contribution in [1.29, 1.82) is 0 Å². The predicted octanol–water partition coefficient (Wildman–Crippen LogP) is 5.20. The Morgan fingerprint density at radius 3 is 2.69 bits per heavy atom. The molecule has 1 aromatic carbocycles. The van der Waals surface area contributed by atoms with Gasteiger partial charge in [0, 0.05) is 31.1 Å². The monoisotopic (exact) mass is 510 g/mol. The Kier molecular flexibility index (Phi) is 6.96. The third-order valence-corrected chi connectivity index (χ3v) is 6.62. The molecule has 3 aromatic rings. The summed E-state index contributed by atoms with van der Waals surface area (Å²) in [6.07, 6.45) is 1.84. The van der Waals surface area contributed by atoms with Crippen molar-refractivity contribution in [3.8, 4) is 34.3 Å². The van der Waals surface area contributed by atoms with Gasteiger partial charge in [-0.15, -0.1) is 5.54 Å². The van der Waals surface area contributed by atoms with Gasteiger partial charge in [0.25, 0.3) is 11.8 Å². The van der Waals surface area contributed by atoms with Gasteiger partial charge >= 0.3 is 5.97 Å². The maximum atomic E-state index is 13.9. The van der Waals surface area contributed by atoms with E-state index in [2.05, 4.69) is 46.2 Å². The van der Waals surface area contributed by atoms with Crippen LogP contribution in [0.4, 0.5) is 14.6 Å². The molecule has 10 heteroatoms. The Morgan fingerprint density at radius 1 is 1.28 bits per heavy atom. The molecule has 1 N–H and O–H groups in total. The number of rotatable bonds is 6. The highest BCUT2D eigenvalue weighted by Crippen LogP contribution is 2.33. The van der Waals surface area contributed by atoms with Gasteiger partial charge in [0.2, 0.25) is 5.82 Å². The summed E-state index contributed by atoms with van der Waals surface area (Å²) in [5, 5.41) is 13.0. The van der Waals surface area contributed by atoms with Crippen LogP contribution in [0.5, 0.6) is 0 Å². The number of aryl methyl sites for hydroxylation is 2. The van der Waals surface area contributed by atoms with Crippen molar-refractivity contribution in [2.75, 3.05) is 18.0 Å². The largest absolute Gasteiger partial charge is 0.481 e. The number of aliphatic carboxylic acids is 1. The highest BCUT2D eigenvalue weighted by Gasteiger charge is 2.39. The number of aromatic nitrogens is 3. The van der Waals surface area contributed by atoms with E-state index in [4.69, 9.17) is 9.63 Å². The van der Waals surface area contributed by atoms with Crippen LogP contribution >= 0.6 is 0 Å². The molecule has 0 spiro atoms. The van der Waals surface area contributed by atoms with E-state index in [9.17, 15) is 13.6 Å². The number of benzene rings is 1. The van der Waals surface area contributed by atoms with Crippen molar-refractivity contribution in [2.24, 2.45) is 0 Å². The Labute approximate surface area is 209 Å². The van der Waals surface area contributed by atoms with Crippen LogP contribution in [-0.2, 0) is 11.2 Å². The van der Waals surface area contributed by atoms with E-state index in [0.29, 0.717) is 29.2 Å². The lowest BCUT2D eigenvalue weighted by atomic mass is 10.0. The van der Waals surface area contributed by atoms with Crippen molar-refractivity contribution in [3.63, 3.8) is 0 Å². The highest BCUT2D eigenvalue weighted by molar-refractivity contribution is 6.83. The van der Waals surface area contributed by atoms with Crippen LogP contribution in [0, 0.1) is 18.4 Å². The molecule has 36 heavy (non-hydrogen) atoms.